The van der Waals surface area contributed by atoms with Crippen LogP contribution in [0.3, 0.4) is 0 Å². The monoisotopic (exact) mass is 361 g/mol. The lowest BCUT2D eigenvalue weighted by molar-refractivity contribution is 0.102. The molecule has 3 aromatic rings. The maximum absolute atomic E-state index is 12.2. The molecule has 0 fully saturated rings. The van der Waals surface area contributed by atoms with Crippen LogP contribution in [0.5, 0.6) is 0 Å². The van der Waals surface area contributed by atoms with Crippen molar-refractivity contribution in [3.8, 4) is 12.1 Å². The summed E-state index contributed by atoms with van der Waals surface area (Å²) in [6.45, 7) is 2.02. The average Bonchev–Trinajstić information content (AvgIpc) is 3.04. The molecule has 0 bridgehead atoms. The van der Waals surface area contributed by atoms with Gasteiger partial charge in [-0.25, -0.2) is 9.97 Å². The van der Waals surface area contributed by atoms with Crippen LogP contribution >= 0.6 is 11.3 Å². The normalized spacial score (nSPS) is 9.96. The second-order valence-corrected chi connectivity index (χ2v) is 6.24. The van der Waals surface area contributed by atoms with E-state index in [9.17, 15) is 4.79 Å². The molecule has 2 heterocycles. The molecule has 1 aromatic carbocycles. The Labute approximate surface area is 152 Å². The number of nitrogens with one attached hydrogen (secondary N) is 1. The number of carbonyl (C=O) groups is 1. The number of aryl methyl sites for hydroxylation is 1. The predicted octanol–water partition coefficient (Wildman–Crippen LogP) is 2.64. The number of aromatic nitrogens is 3. The van der Waals surface area contributed by atoms with Crippen molar-refractivity contribution in [2.75, 3.05) is 5.32 Å². The van der Waals surface area contributed by atoms with Crippen LogP contribution in [0.1, 0.15) is 21.7 Å². The van der Waals surface area contributed by atoms with E-state index in [2.05, 4.69) is 25.3 Å². The molecule has 9 heteroatoms. The van der Waals surface area contributed by atoms with Crippen LogP contribution in [-0.2, 0) is 6.54 Å². The van der Waals surface area contributed by atoms with Crippen LogP contribution in [-0.4, -0.2) is 26.6 Å². The first-order valence-electron chi connectivity index (χ1n) is 7.43. The molecular weight excluding hydrogens is 350 g/mol. The molecular formula is C17H11N7OS. The van der Waals surface area contributed by atoms with Crippen LogP contribution < -0.4 is 5.32 Å². The van der Waals surface area contributed by atoms with Gasteiger partial charge in [0.15, 0.2) is 5.13 Å². The first kappa shape index (κ1) is 17.1. The number of aliphatic imine (C=N–C) groups is 1. The second-order valence-electron chi connectivity index (χ2n) is 5.21. The fourth-order valence-corrected chi connectivity index (χ4v) is 2.98. The van der Waals surface area contributed by atoms with E-state index in [-0.39, 0.29) is 23.9 Å². The van der Waals surface area contributed by atoms with Crippen molar-refractivity contribution in [1.29, 1.82) is 10.5 Å². The molecule has 126 valence electrons. The van der Waals surface area contributed by atoms with E-state index >= 15 is 0 Å². The molecule has 0 spiro atoms. The number of fused-ring (bicyclic) bond motifs is 1. The summed E-state index contributed by atoms with van der Waals surface area (Å²) in [6.07, 6.45) is 2.94. The second kappa shape index (κ2) is 7.47. The van der Waals surface area contributed by atoms with E-state index in [1.807, 2.05) is 12.1 Å². The maximum atomic E-state index is 12.2. The third-order valence-corrected chi connectivity index (χ3v) is 4.25. The molecule has 1 amide bonds. The number of carbonyl (C=O) groups excluding carboxylic acids is 1. The van der Waals surface area contributed by atoms with E-state index in [0.717, 1.165) is 21.5 Å². The third-order valence-electron chi connectivity index (χ3n) is 3.32. The number of anilines is 1. The Morgan fingerprint density at radius 2 is 2.08 bits per heavy atom. The number of nitriles is 2. The fraction of sp³-hybridized carbons (Fsp3) is 0.118. The lowest BCUT2D eigenvalue weighted by atomic mass is 10.2. The zero-order valence-electron chi connectivity index (χ0n) is 13.6. The number of benzene rings is 1. The number of hydrogen-bond acceptors (Lipinski definition) is 8. The molecule has 8 nitrogen and oxygen atoms in total. The summed E-state index contributed by atoms with van der Waals surface area (Å²) >= 11 is 1.31. The van der Waals surface area contributed by atoms with Gasteiger partial charge in [0, 0.05) is 6.20 Å². The smallest absolute Gasteiger partial charge is 0.277 e. The highest BCUT2D eigenvalue weighted by Crippen LogP contribution is 2.27. The molecule has 2 aromatic heterocycles. The van der Waals surface area contributed by atoms with E-state index < -0.39 is 0 Å². The Morgan fingerprint density at radius 3 is 2.77 bits per heavy atom. The summed E-state index contributed by atoms with van der Waals surface area (Å²) in [4.78, 5) is 28.6. The van der Waals surface area contributed by atoms with E-state index in [1.54, 1.807) is 25.1 Å². The topological polar surface area (TPSA) is 128 Å². The highest BCUT2D eigenvalue weighted by molar-refractivity contribution is 7.22. The minimum atomic E-state index is -0.380. The zero-order chi connectivity index (χ0) is 18.5. The van der Waals surface area contributed by atoms with Crippen LogP contribution in [0, 0.1) is 29.6 Å². The fourth-order valence-electron chi connectivity index (χ4n) is 2.06. The lowest BCUT2D eigenvalue weighted by Gasteiger charge is -2.00. The van der Waals surface area contributed by atoms with Gasteiger partial charge in [-0.3, -0.25) is 20.1 Å². The Morgan fingerprint density at radius 1 is 1.27 bits per heavy atom. The highest BCUT2D eigenvalue weighted by atomic mass is 32.1. The molecule has 0 unspecified atom stereocenters. The van der Waals surface area contributed by atoms with Gasteiger partial charge in [-0.15, -0.1) is 0 Å². The summed E-state index contributed by atoms with van der Waals surface area (Å²) in [6, 6.07) is 8.93. The SMILES string of the molecule is Cc1cnc(C(=O)Nc2nc3ccc(CN=C(C#N)C#N)cc3s2)cn1. The summed E-state index contributed by atoms with van der Waals surface area (Å²) < 4.78 is 0.860. The Kier molecular flexibility index (Phi) is 4.92. The van der Waals surface area contributed by atoms with Crippen molar-refractivity contribution in [2.24, 2.45) is 4.99 Å². The molecule has 3 rings (SSSR count). The van der Waals surface area contributed by atoms with Crippen molar-refractivity contribution in [3.05, 3.63) is 47.5 Å². The Balaban J connectivity index is 1.78. The quantitative estimate of drug-likeness (QED) is 0.711. The van der Waals surface area contributed by atoms with E-state index in [0.29, 0.717) is 5.13 Å². The highest BCUT2D eigenvalue weighted by Gasteiger charge is 2.11. The number of thiazole rings is 1. The molecule has 0 aliphatic carbocycles. The van der Waals surface area contributed by atoms with Gasteiger partial charge in [0.2, 0.25) is 5.71 Å². The minimum Gasteiger partial charge on any atom is -0.296 e. The zero-order valence-corrected chi connectivity index (χ0v) is 14.4. The number of rotatable bonds is 4. The first-order valence-corrected chi connectivity index (χ1v) is 8.25. The minimum absolute atomic E-state index is 0.165. The molecule has 1 N–H and O–H groups in total. The molecule has 0 atom stereocenters. The molecule has 26 heavy (non-hydrogen) atoms. The van der Waals surface area contributed by atoms with Crippen molar-refractivity contribution in [1.82, 2.24) is 15.0 Å². The summed E-state index contributed by atoms with van der Waals surface area (Å²) in [5.41, 5.74) is 2.35. The third kappa shape index (κ3) is 3.86. The Bertz CT molecular complexity index is 1070. The number of amides is 1. The van der Waals surface area contributed by atoms with Crippen LogP contribution in [0.4, 0.5) is 5.13 Å². The van der Waals surface area contributed by atoms with Gasteiger partial charge < -0.3 is 0 Å². The van der Waals surface area contributed by atoms with Gasteiger partial charge in [0.25, 0.3) is 5.91 Å². The summed E-state index contributed by atoms with van der Waals surface area (Å²) in [7, 11) is 0. The average molecular weight is 361 g/mol. The predicted molar refractivity (Wildman–Crippen MR) is 96.7 cm³/mol. The molecule has 0 aliphatic heterocycles. The molecule has 0 saturated carbocycles. The standard InChI is InChI=1S/C17H11N7OS/c1-10-7-22-14(9-20-10)16(25)24-17-23-13-3-2-11(4-15(13)26-17)8-21-12(5-18)6-19/h2-4,7,9H,8H2,1H3,(H,23,24,25). The molecule has 0 aliphatic rings. The van der Waals surface area contributed by atoms with Crippen molar-refractivity contribution < 1.29 is 4.79 Å². The van der Waals surface area contributed by atoms with Crippen LogP contribution in [0.25, 0.3) is 10.2 Å². The molecule has 0 radical (unpaired) electrons. The Hall–Kier alpha value is -3.69. The van der Waals surface area contributed by atoms with Gasteiger partial charge in [0.1, 0.15) is 17.8 Å². The van der Waals surface area contributed by atoms with E-state index in [1.165, 1.54) is 23.7 Å². The van der Waals surface area contributed by atoms with E-state index in [4.69, 9.17) is 10.5 Å². The summed E-state index contributed by atoms with van der Waals surface area (Å²) in [5, 5.41) is 20.6. The number of nitrogens with zero attached hydrogens (tertiary/aromatic N) is 6. The van der Waals surface area contributed by atoms with Gasteiger partial charge >= 0.3 is 0 Å². The van der Waals surface area contributed by atoms with Crippen molar-refractivity contribution >= 4 is 38.3 Å². The van der Waals surface area contributed by atoms with Gasteiger partial charge in [-0.2, -0.15) is 10.5 Å². The van der Waals surface area contributed by atoms with Gasteiger partial charge in [-0.05, 0) is 24.6 Å². The van der Waals surface area contributed by atoms with Gasteiger partial charge in [0.05, 0.1) is 28.7 Å². The first-order chi connectivity index (χ1) is 12.6. The maximum Gasteiger partial charge on any atom is 0.277 e. The number of hydrogen-bond donors (Lipinski definition) is 1. The van der Waals surface area contributed by atoms with Crippen molar-refractivity contribution in [3.63, 3.8) is 0 Å². The van der Waals surface area contributed by atoms with Crippen molar-refractivity contribution in [2.45, 2.75) is 13.5 Å². The largest absolute Gasteiger partial charge is 0.296 e. The van der Waals surface area contributed by atoms with Gasteiger partial charge in [-0.1, -0.05) is 17.4 Å². The van der Waals surface area contributed by atoms with Crippen LogP contribution in [0.2, 0.25) is 0 Å². The van der Waals surface area contributed by atoms with Crippen LogP contribution in [0.15, 0.2) is 35.6 Å². The molecule has 0 saturated heterocycles. The summed E-state index contributed by atoms with van der Waals surface area (Å²) in [5.74, 6) is -0.380. The lowest BCUT2D eigenvalue weighted by Crippen LogP contribution is -2.13.